The van der Waals surface area contributed by atoms with Gasteiger partial charge in [0, 0.05) is 22.3 Å². The third-order valence-corrected chi connectivity index (χ3v) is 4.35. The minimum atomic E-state index is -0.860. The van der Waals surface area contributed by atoms with E-state index in [4.69, 9.17) is 4.74 Å². The quantitative estimate of drug-likeness (QED) is 0.714. The lowest BCUT2D eigenvalue weighted by Gasteiger charge is -2.19. The van der Waals surface area contributed by atoms with Crippen molar-refractivity contribution in [3.8, 4) is 0 Å². The standard InChI is InChI=1S/C13H24O3S/c1-13(2,3)16-12(14)8-9-17(15)10-11-6-4-5-7-11/h11H,4-10H2,1-3H3. The van der Waals surface area contributed by atoms with Crippen molar-refractivity contribution in [3.63, 3.8) is 0 Å². The van der Waals surface area contributed by atoms with Crippen molar-refractivity contribution in [1.29, 1.82) is 0 Å². The number of carbonyl (C=O) groups excluding carboxylic acids is 1. The molecule has 3 nitrogen and oxygen atoms in total. The van der Waals surface area contributed by atoms with Gasteiger partial charge in [-0.25, -0.2) is 0 Å². The SMILES string of the molecule is CC(C)(C)OC(=O)CCS(=O)CC1CCCC1. The zero-order valence-electron chi connectivity index (χ0n) is 11.2. The van der Waals surface area contributed by atoms with Gasteiger partial charge in [0.2, 0.25) is 0 Å². The molecule has 1 saturated carbocycles. The molecular formula is C13H24O3S. The van der Waals surface area contributed by atoms with Crippen LogP contribution in [0.5, 0.6) is 0 Å². The Morgan fingerprint density at radius 2 is 1.88 bits per heavy atom. The summed E-state index contributed by atoms with van der Waals surface area (Å²) in [6, 6.07) is 0. The summed E-state index contributed by atoms with van der Waals surface area (Å²) in [7, 11) is -0.860. The lowest BCUT2D eigenvalue weighted by atomic mass is 10.1. The Morgan fingerprint density at radius 3 is 2.41 bits per heavy atom. The molecule has 4 heteroatoms. The first kappa shape index (κ1) is 14.7. The Labute approximate surface area is 107 Å². The van der Waals surface area contributed by atoms with Crippen molar-refractivity contribution in [1.82, 2.24) is 0 Å². The third-order valence-electron chi connectivity index (χ3n) is 2.85. The average molecular weight is 260 g/mol. The van der Waals surface area contributed by atoms with Gasteiger partial charge in [-0.05, 0) is 39.5 Å². The number of rotatable bonds is 5. The Balaban J connectivity index is 2.16. The molecule has 1 rings (SSSR count). The summed E-state index contributed by atoms with van der Waals surface area (Å²) in [5.41, 5.74) is -0.440. The van der Waals surface area contributed by atoms with Crippen molar-refractivity contribution in [2.75, 3.05) is 11.5 Å². The summed E-state index contributed by atoms with van der Waals surface area (Å²) >= 11 is 0. The largest absolute Gasteiger partial charge is 0.460 e. The molecule has 17 heavy (non-hydrogen) atoms. The molecule has 0 aromatic rings. The van der Waals surface area contributed by atoms with Gasteiger partial charge in [0.15, 0.2) is 0 Å². The summed E-state index contributed by atoms with van der Waals surface area (Å²) in [6.07, 6.45) is 5.23. The maximum atomic E-state index is 11.8. The summed E-state index contributed by atoms with van der Waals surface area (Å²) in [4.78, 5) is 11.4. The first-order chi connectivity index (χ1) is 7.87. The van der Waals surface area contributed by atoms with Crippen LogP contribution in [0.3, 0.4) is 0 Å². The molecule has 1 atom stereocenters. The van der Waals surface area contributed by atoms with Crippen molar-refractivity contribution in [3.05, 3.63) is 0 Å². The number of hydrogen-bond acceptors (Lipinski definition) is 3. The molecule has 0 amide bonds. The molecule has 0 aromatic heterocycles. The van der Waals surface area contributed by atoms with E-state index in [0.717, 1.165) is 5.75 Å². The van der Waals surface area contributed by atoms with Gasteiger partial charge in [-0.2, -0.15) is 0 Å². The van der Waals surface area contributed by atoms with Crippen LogP contribution in [-0.4, -0.2) is 27.3 Å². The van der Waals surface area contributed by atoms with E-state index in [1.165, 1.54) is 25.7 Å². The summed E-state index contributed by atoms with van der Waals surface area (Å²) in [5, 5.41) is 0. The smallest absolute Gasteiger partial charge is 0.307 e. The lowest BCUT2D eigenvalue weighted by molar-refractivity contribution is -0.154. The van der Waals surface area contributed by atoms with Gasteiger partial charge in [-0.15, -0.1) is 0 Å². The molecule has 0 spiro atoms. The van der Waals surface area contributed by atoms with Crippen molar-refractivity contribution >= 4 is 16.8 Å². The molecule has 1 aliphatic rings. The fraction of sp³-hybridized carbons (Fsp3) is 0.923. The van der Waals surface area contributed by atoms with Crippen LogP contribution >= 0.6 is 0 Å². The molecule has 100 valence electrons. The van der Waals surface area contributed by atoms with E-state index in [1.807, 2.05) is 20.8 Å². The van der Waals surface area contributed by atoms with Crippen LogP contribution in [0.15, 0.2) is 0 Å². The topological polar surface area (TPSA) is 43.4 Å². The number of esters is 1. The first-order valence-electron chi connectivity index (χ1n) is 6.43. The fourth-order valence-corrected chi connectivity index (χ4v) is 3.53. The molecule has 0 saturated heterocycles. The van der Waals surface area contributed by atoms with Gasteiger partial charge in [-0.1, -0.05) is 12.8 Å². The monoisotopic (exact) mass is 260 g/mol. The van der Waals surface area contributed by atoms with Crippen molar-refractivity contribution in [2.24, 2.45) is 5.92 Å². The highest BCUT2D eigenvalue weighted by molar-refractivity contribution is 7.85. The van der Waals surface area contributed by atoms with Gasteiger partial charge < -0.3 is 4.74 Å². The second-order valence-electron chi connectivity index (χ2n) is 5.80. The summed E-state index contributed by atoms with van der Waals surface area (Å²) in [5.74, 6) is 1.60. The van der Waals surface area contributed by atoms with Crippen molar-refractivity contribution < 1.29 is 13.7 Å². The zero-order valence-corrected chi connectivity index (χ0v) is 12.0. The van der Waals surface area contributed by atoms with Gasteiger partial charge >= 0.3 is 5.97 Å². The van der Waals surface area contributed by atoms with E-state index in [9.17, 15) is 9.00 Å². The number of ether oxygens (including phenoxy) is 1. The van der Waals surface area contributed by atoms with E-state index >= 15 is 0 Å². The van der Waals surface area contributed by atoms with E-state index in [0.29, 0.717) is 11.7 Å². The van der Waals surface area contributed by atoms with Crippen LogP contribution in [0.2, 0.25) is 0 Å². The molecule has 1 unspecified atom stereocenters. The third kappa shape index (κ3) is 6.81. The van der Waals surface area contributed by atoms with E-state index < -0.39 is 16.4 Å². The molecule has 0 bridgehead atoms. The number of carbonyl (C=O) groups is 1. The first-order valence-corrected chi connectivity index (χ1v) is 7.92. The van der Waals surface area contributed by atoms with E-state index in [-0.39, 0.29) is 12.4 Å². The van der Waals surface area contributed by atoms with Gasteiger partial charge in [0.25, 0.3) is 0 Å². The Morgan fingerprint density at radius 1 is 1.29 bits per heavy atom. The average Bonchev–Trinajstić information content (AvgIpc) is 2.64. The van der Waals surface area contributed by atoms with Crippen LogP contribution in [0.1, 0.15) is 52.9 Å². The molecular weight excluding hydrogens is 236 g/mol. The zero-order chi connectivity index (χ0) is 12.9. The van der Waals surface area contributed by atoms with Gasteiger partial charge in [0.1, 0.15) is 5.60 Å². The predicted molar refractivity (Wildman–Crippen MR) is 70.3 cm³/mol. The molecule has 0 aliphatic heterocycles. The maximum absolute atomic E-state index is 11.8. The Bertz CT molecular complexity index is 275. The molecule has 0 aromatic carbocycles. The Kier molecular flexibility index (Phi) is 5.63. The normalized spacial score (nSPS) is 19.2. The number of hydrogen-bond donors (Lipinski definition) is 0. The second-order valence-corrected chi connectivity index (χ2v) is 7.42. The van der Waals surface area contributed by atoms with Gasteiger partial charge in [0.05, 0.1) is 6.42 Å². The maximum Gasteiger partial charge on any atom is 0.307 e. The minimum Gasteiger partial charge on any atom is -0.460 e. The van der Waals surface area contributed by atoms with Crippen LogP contribution in [-0.2, 0) is 20.3 Å². The predicted octanol–water partition coefficient (Wildman–Crippen LogP) is 2.66. The fourth-order valence-electron chi connectivity index (χ4n) is 2.11. The van der Waals surface area contributed by atoms with Crippen LogP contribution < -0.4 is 0 Å². The van der Waals surface area contributed by atoms with E-state index in [1.54, 1.807) is 0 Å². The highest BCUT2D eigenvalue weighted by atomic mass is 32.2. The second kappa shape index (κ2) is 6.53. The molecule has 0 radical (unpaired) electrons. The highest BCUT2D eigenvalue weighted by Gasteiger charge is 2.20. The van der Waals surface area contributed by atoms with E-state index in [2.05, 4.69) is 0 Å². The molecule has 0 N–H and O–H groups in total. The highest BCUT2D eigenvalue weighted by Crippen LogP contribution is 2.25. The molecule has 0 heterocycles. The molecule has 1 fully saturated rings. The van der Waals surface area contributed by atoms with Gasteiger partial charge in [-0.3, -0.25) is 9.00 Å². The summed E-state index contributed by atoms with van der Waals surface area (Å²) in [6.45, 7) is 5.54. The van der Waals surface area contributed by atoms with Crippen LogP contribution in [0.4, 0.5) is 0 Å². The lowest BCUT2D eigenvalue weighted by Crippen LogP contribution is -2.25. The minimum absolute atomic E-state index is 0.239. The molecule has 1 aliphatic carbocycles. The van der Waals surface area contributed by atoms with Crippen LogP contribution in [0, 0.1) is 5.92 Å². The summed E-state index contributed by atoms with van der Waals surface area (Å²) < 4.78 is 17.0. The Hall–Kier alpha value is -0.380. The van der Waals surface area contributed by atoms with Crippen molar-refractivity contribution in [2.45, 2.75) is 58.5 Å². The van der Waals surface area contributed by atoms with Crippen LogP contribution in [0.25, 0.3) is 0 Å².